The molecule has 4 heterocycles. The van der Waals surface area contributed by atoms with Gasteiger partial charge >= 0.3 is 5.97 Å². The van der Waals surface area contributed by atoms with Crippen molar-refractivity contribution in [2.24, 2.45) is 18.9 Å². The van der Waals surface area contributed by atoms with Crippen molar-refractivity contribution in [3.8, 4) is 51.7 Å². The van der Waals surface area contributed by atoms with Crippen LogP contribution in [0.5, 0.6) is 51.7 Å². The number of fused-ring (bicyclic) bond motifs is 9. The summed E-state index contributed by atoms with van der Waals surface area (Å²) >= 11 is 0. The van der Waals surface area contributed by atoms with Gasteiger partial charge in [-0.3, -0.25) is 4.79 Å². The van der Waals surface area contributed by atoms with Gasteiger partial charge in [-0.05, 0) is 117 Å². The van der Waals surface area contributed by atoms with E-state index in [-0.39, 0.29) is 54.7 Å². The second kappa shape index (κ2) is 16.5. The summed E-state index contributed by atoms with van der Waals surface area (Å²) in [5, 5.41) is 26.0. The van der Waals surface area contributed by atoms with E-state index in [1.165, 1.54) is 14.2 Å². The first kappa shape index (κ1) is 41.0. The van der Waals surface area contributed by atoms with Crippen molar-refractivity contribution in [2.45, 2.75) is 18.3 Å². The van der Waals surface area contributed by atoms with Crippen LogP contribution in [0.15, 0.2) is 66.9 Å². The van der Waals surface area contributed by atoms with E-state index in [0.717, 1.165) is 92.4 Å². The minimum Gasteiger partial charge on any atom is -0.504 e. The third kappa shape index (κ3) is 7.10. The van der Waals surface area contributed by atoms with Crippen molar-refractivity contribution < 1.29 is 57.5 Å². The fraction of sp³-hybridized carbons (Fsp3) is 0.375. The summed E-state index contributed by atoms with van der Waals surface area (Å²) < 4.78 is 46.4. The summed E-state index contributed by atoms with van der Waals surface area (Å²) in [6.07, 6.45) is 2.82. The van der Waals surface area contributed by atoms with Crippen LogP contribution in [0.2, 0.25) is 0 Å². The van der Waals surface area contributed by atoms with Crippen LogP contribution in [0, 0.1) is 11.8 Å². The van der Waals surface area contributed by atoms with Crippen LogP contribution < -0.4 is 37.7 Å². The molecule has 3 aliphatic heterocycles. The number of carbonyl (C=O) groups is 1. The van der Waals surface area contributed by atoms with Crippen LogP contribution in [-0.2, 0) is 16.6 Å². The Kier molecular flexibility index (Phi) is 10.9. The number of likely N-dealkylation sites (N-methyl/N-ethyl adjacent to an activating group) is 2. The fourth-order valence-corrected chi connectivity index (χ4v) is 9.65. The summed E-state index contributed by atoms with van der Waals surface area (Å²) in [4.78, 5) is 17.8. The third-order valence-electron chi connectivity index (χ3n) is 12.8. The molecule has 5 aromatic carbocycles. The van der Waals surface area contributed by atoms with Crippen molar-refractivity contribution in [3.63, 3.8) is 0 Å². The van der Waals surface area contributed by atoms with Gasteiger partial charge in [0.25, 0.3) is 0 Å². The minimum atomic E-state index is -0.371. The normalized spacial score (nSPS) is 19.4. The topological polar surface area (TPSA) is 142 Å². The van der Waals surface area contributed by atoms with Gasteiger partial charge in [-0.15, -0.1) is 0 Å². The maximum absolute atomic E-state index is 13.3. The highest BCUT2D eigenvalue weighted by molar-refractivity contribution is 6.15. The smallest absolute Gasteiger partial charge is 0.310 e. The zero-order valence-corrected chi connectivity index (χ0v) is 36.0. The summed E-state index contributed by atoms with van der Waals surface area (Å²) in [6, 6.07) is 19.6. The number of pyridine rings is 1. The predicted octanol–water partition coefficient (Wildman–Crippen LogP) is 6.45. The molecule has 4 aliphatic rings. The maximum atomic E-state index is 13.3. The van der Waals surface area contributed by atoms with E-state index < -0.39 is 0 Å². The number of esters is 1. The summed E-state index contributed by atoms with van der Waals surface area (Å²) in [5.41, 5.74) is 4.07. The highest BCUT2D eigenvalue weighted by atomic mass is 16.7. The highest BCUT2D eigenvalue weighted by Crippen LogP contribution is 2.57. The molecule has 14 nitrogen and oxygen atoms in total. The molecule has 324 valence electrons. The molecule has 6 aromatic rings. The molecule has 0 bridgehead atoms. The number of hydrogen-bond acceptors (Lipinski definition) is 13. The van der Waals surface area contributed by atoms with Gasteiger partial charge in [0, 0.05) is 30.3 Å². The van der Waals surface area contributed by atoms with E-state index in [2.05, 4.69) is 49.1 Å². The number of methoxy groups -OCH3 is 3. The Hall–Kier alpha value is -6.38. The molecular weight excluding hydrogens is 795 g/mol. The zero-order chi connectivity index (χ0) is 43.4. The second-order valence-corrected chi connectivity index (χ2v) is 16.6. The number of phenolic OH excluding ortho intramolecular Hbond substituents is 2. The molecule has 0 amide bonds. The molecule has 10 rings (SSSR count). The second-order valence-electron chi connectivity index (χ2n) is 16.6. The van der Waals surface area contributed by atoms with E-state index in [1.807, 2.05) is 42.1 Å². The van der Waals surface area contributed by atoms with E-state index in [4.69, 9.17) is 37.9 Å². The van der Waals surface area contributed by atoms with E-state index in [1.54, 1.807) is 25.3 Å². The van der Waals surface area contributed by atoms with Gasteiger partial charge in [0.15, 0.2) is 52.2 Å². The lowest BCUT2D eigenvalue weighted by molar-refractivity contribution is -0.642. The number of benzene rings is 5. The number of aromatic nitrogens is 1. The van der Waals surface area contributed by atoms with Crippen LogP contribution in [0.25, 0.3) is 32.4 Å². The van der Waals surface area contributed by atoms with E-state index in [0.29, 0.717) is 29.6 Å². The molecule has 1 aromatic heterocycles. The molecule has 0 spiro atoms. The average molecular weight is 847 g/mol. The number of cyclic esters (lactones) is 1. The number of aromatic hydroxyl groups is 2. The molecule has 1 saturated heterocycles. The van der Waals surface area contributed by atoms with Crippen LogP contribution >= 0.6 is 0 Å². The monoisotopic (exact) mass is 846 g/mol. The van der Waals surface area contributed by atoms with Crippen molar-refractivity contribution in [1.82, 2.24) is 9.80 Å². The Labute approximate surface area is 359 Å². The Morgan fingerprint density at radius 3 is 1.97 bits per heavy atom. The highest BCUT2D eigenvalue weighted by Gasteiger charge is 2.52. The number of nitrogens with zero attached hydrogens (tertiary/aromatic N) is 3. The van der Waals surface area contributed by atoms with Gasteiger partial charge in [-0.2, -0.15) is 4.57 Å². The third-order valence-corrected chi connectivity index (χ3v) is 12.8. The number of rotatable bonds is 10. The lowest BCUT2D eigenvalue weighted by atomic mass is 9.62. The van der Waals surface area contributed by atoms with Crippen molar-refractivity contribution in [1.29, 1.82) is 0 Å². The van der Waals surface area contributed by atoms with E-state index >= 15 is 0 Å². The largest absolute Gasteiger partial charge is 0.504 e. The molecule has 0 radical (unpaired) electrons. The van der Waals surface area contributed by atoms with Gasteiger partial charge < -0.3 is 57.9 Å². The van der Waals surface area contributed by atoms with Gasteiger partial charge in [0.1, 0.15) is 7.05 Å². The quantitative estimate of drug-likeness (QED) is 0.0887. The number of ether oxygens (including phenoxy) is 8. The molecule has 1 fully saturated rings. The fourth-order valence-electron chi connectivity index (χ4n) is 9.65. The van der Waals surface area contributed by atoms with Crippen LogP contribution in [0.1, 0.15) is 34.9 Å². The molecule has 0 unspecified atom stereocenters. The molecule has 14 heteroatoms. The summed E-state index contributed by atoms with van der Waals surface area (Å²) in [6.45, 7) is 3.66. The first-order valence-electron chi connectivity index (χ1n) is 20.7. The Morgan fingerprint density at radius 2 is 1.31 bits per heavy atom. The molecule has 0 saturated carbocycles. The minimum absolute atomic E-state index is 0.0124. The zero-order valence-electron chi connectivity index (χ0n) is 36.0. The van der Waals surface area contributed by atoms with Crippen LogP contribution in [0.4, 0.5) is 0 Å². The average Bonchev–Trinajstić information content (AvgIpc) is 4.03. The van der Waals surface area contributed by atoms with Gasteiger partial charge in [-0.25, -0.2) is 0 Å². The predicted molar refractivity (Wildman–Crippen MR) is 231 cm³/mol. The molecular formula is C48H52N3O11+. The SMILES string of the molecule is COc1cc([C@H]2c3cc4c(cc3[C@H](CCN(C)CCN(C)C)[C@@H]3COC(=O)[C@@H]23)OCO4)cc(OC)c1O.COc1ccc2c(c[n+](C)c3c4cc5c(cc4ccc23)OCO5)c1O. The van der Waals surface area contributed by atoms with Crippen LogP contribution in [0.3, 0.4) is 0 Å². The number of carbonyl (C=O) groups excluding carboxylic acids is 1. The van der Waals surface area contributed by atoms with E-state index in [9.17, 15) is 15.0 Å². The molecule has 2 N–H and O–H groups in total. The summed E-state index contributed by atoms with van der Waals surface area (Å²) in [7, 11) is 12.8. The number of hydrogen-bond donors (Lipinski definition) is 2. The molecule has 1 aliphatic carbocycles. The lowest BCUT2D eigenvalue weighted by Crippen LogP contribution is -2.37. The summed E-state index contributed by atoms with van der Waals surface area (Å²) in [5.74, 6) is 3.34. The Bertz CT molecular complexity index is 2700. The standard InChI is InChI=1S/C28H36N2O7.C20H15NO4/c1-29(2)8-9-30(3)7-6-17-18-12-21-22(37-15-36-21)13-19(18)25(26-20(17)14-35-28(26)32)16-10-23(33-4)27(31)24(11-16)34-5;1-21-9-15-12(5-6-16(23-2)20(15)22)13-4-3-11-7-17-18(25-10-24-17)8-14(11)19(13)21/h10-13,17,20,25-26,31H,6-9,14-15H2,1-5H3;3-9H,10H2,1-2H3/p+1/t17-,20-,25-,26+;/m0./s1. The van der Waals surface area contributed by atoms with Crippen molar-refractivity contribution in [3.05, 3.63) is 83.6 Å². The van der Waals surface area contributed by atoms with Crippen molar-refractivity contribution >= 4 is 38.4 Å². The first-order valence-corrected chi connectivity index (χ1v) is 20.7. The molecule has 62 heavy (non-hydrogen) atoms. The first-order chi connectivity index (χ1) is 30.0. The number of phenols is 2. The Balaban J connectivity index is 0.000000170. The van der Waals surface area contributed by atoms with Gasteiger partial charge in [0.2, 0.25) is 24.9 Å². The molecule has 4 atom stereocenters. The van der Waals surface area contributed by atoms with Gasteiger partial charge in [0.05, 0.1) is 50.0 Å². The van der Waals surface area contributed by atoms with Gasteiger partial charge in [-0.1, -0.05) is 6.07 Å². The van der Waals surface area contributed by atoms with Crippen molar-refractivity contribution in [2.75, 3.05) is 82.3 Å². The van der Waals surface area contributed by atoms with Crippen LogP contribution in [-0.4, -0.2) is 108 Å². The maximum Gasteiger partial charge on any atom is 0.310 e. The number of aryl methyl sites for hydroxylation is 1. The Morgan fingerprint density at radius 1 is 0.677 bits per heavy atom. The lowest BCUT2D eigenvalue weighted by Gasteiger charge is -2.40.